The van der Waals surface area contributed by atoms with Crippen molar-refractivity contribution in [3.05, 3.63) is 11.7 Å². The van der Waals surface area contributed by atoms with Crippen LogP contribution in [0.2, 0.25) is 0 Å². The fourth-order valence-electron chi connectivity index (χ4n) is 3.58. The molecule has 0 aromatic carbocycles. The van der Waals surface area contributed by atoms with E-state index in [1.165, 1.54) is 25.7 Å². The number of hydrogen-bond acceptors (Lipinski definition) is 5. The largest absolute Gasteiger partial charge is 0.343 e. The van der Waals surface area contributed by atoms with Crippen molar-refractivity contribution in [2.75, 3.05) is 26.2 Å². The van der Waals surface area contributed by atoms with Crippen molar-refractivity contribution >= 4 is 5.91 Å². The summed E-state index contributed by atoms with van der Waals surface area (Å²) >= 11 is 0. The third-order valence-electron chi connectivity index (χ3n) is 4.76. The van der Waals surface area contributed by atoms with Gasteiger partial charge in [0, 0.05) is 26.1 Å². The van der Waals surface area contributed by atoms with E-state index in [2.05, 4.69) is 15.0 Å². The summed E-state index contributed by atoms with van der Waals surface area (Å²) in [6.07, 6.45) is 6.48. The molecular formula is C16H26N4O2. The molecule has 0 bridgehead atoms. The standard InChI is InChI=1S/C16H26N4O2/c1-13-17-15(22-18-13)12-19-8-4-5-14(11-19)6-7-16(21)20-9-2-3-10-20/h14H,2-12H2,1H3/t14-/m1/s1. The zero-order valence-electron chi connectivity index (χ0n) is 13.5. The van der Waals surface area contributed by atoms with E-state index in [4.69, 9.17) is 4.52 Å². The van der Waals surface area contributed by atoms with Gasteiger partial charge in [0.2, 0.25) is 11.8 Å². The first-order chi connectivity index (χ1) is 10.7. The zero-order valence-corrected chi connectivity index (χ0v) is 13.5. The Morgan fingerprint density at radius 2 is 2.09 bits per heavy atom. The minimum Gasteiger partial charge on any atom is -0.343 e. The molecule has 0 saturated carbocycles. The number of amides is 1. The number of nitrogens with zero attached hydrogens (tertiary/aromatic N) is 4. The second-order valence-electron chi connectivity index (χ2n) is 6.61. The van der Waals surface area contributed by atoms with Gasteiger partial charge < -0.3 is 9.42 Å². The van der Waals surface area contributed by atoms with Crippen LogP contribution >= 0.6 is 0 Å². The van der Waals surface area contributed by atoms with E-state index in [-0.39, 0.29) is 0 Å². The molecule has 2 saturated heterocycles. The van der Waals surface area contributed by atoms with Gasteiger partial charge in [0.1, 0.15) is 0 Å². The Morgan fingerprint density at radius 3 is 2.82 bits per heavy atom. The van der Waals surface area contributed by atoms with Crippen molar-refractivity contribution in [2.24, 2.45) is 5.92 Å². The SMILES string of the molecule is Cc1noc(CN2CCC[C@H](CCC(=O)N3CCCC3)C2)n1. The van der Waals surface area contributed by atoms with Gasteiger partial charge in [-0.3, -0.25) is 9.69 Å². The van der Waals surface area contributed by atoms with Crippen LogP contribution in [0.25, 0.3) is 0 Å². The van der Waals surface area contributed by atoms with Gasteiger partial charge in [0.15, 0.2) is 5.82 Å². The highest BCUT2D eigenvalue weighted by atomic mass is 16.5. The van der Waals surface area contributed by atoms with Crippen molar-refractivity contribution < 1.29 is 9.32 Å². The maximum absolute atomic E-state index is 12.1. The molecule has 3 rings (SSSR count). The average Bonchev–Trinajstić information content (AvgIpc) is 3.17. The monoisotopic (exact) mass is 306 g/mol. The predicted molar refractivity (Wildman–Crippen MR) is 82.1 cm³/mol. The number of aromatic nitrogens is 2. The summed E-state index contributed by atoms with van der Waals surface area (Å²) < 4.78 is 5.20. The summed E-state index contributed by atoms with van der Waals surface area (Å²) in [4.78, 5) is 20.8. The Balaban J connectivity index is 1.43. The van der Waals surface area contributed by atoms with Gasteiger partial charge in [-0.1, -0.05) is 5.16 Å². The van der Waals surface area contributed by atoms with Crippen LogP contribution in [0.3, 0.4) is 0 Å². The molecule has 6 heteroatoms. The number of piperidine rings is 1. The first kappa shape index (κ1) is 15.5. The number of carbonyl (C=O) groups excluding carboxylic acids is 1. The van der Waals surface area contributed by atoms with Crippen molar-refractivity contribution in [2.45, 2.75) is 52.0 Å². The molecule has 2 fully saturated rings. The van der Waals surface area contributed by atoms with E-state index < -0.39 is 0 Å². The third-order valence-corrected chi connectivity index (χ3v) is 4.76. The fourth-order valence-corrected chi connectivity index (χ4v) is 3.58. The molecule has 1 aromatic rings. The molecule has 6 nitrogen and oxygen atoms in total. The molecule has 22 heavy (non-hydrogen) atoms. The molecule has 0 radical (unpaired) electrons. The van der Waals surface area contributed by atoms with Crippen LogP contribution in [0.4, 0.5) is 0 Å². The van der Waals surface area contributed by atoms with Crippen molar-refractivity contribution in [1.29, 1.82) is 0 Å². The Bertz CT molecular complexity index is 496. The molecular weight excluding hydrogens is 280 g/mol. The minimum absolute atomic E-state index is 0.349. The van der Waals surface area contributed by atoms with Gasteiger partial charge in [-0.25, -0.2) is 0 Å². The van der Waals surface area contributed by atoms with E-state index in [0.29, 0.717) is 30.0 Å². The van der Waals surface area contributed by atoms with Crippen LogP contribution in [0, 0.1) is 12.8 Å². The zero-order chi connectivity index (χ0) is 15.4. The van der Waals surface area contributed by atoms with E-state index in [1.54, 1.807) is 0 Å². The minimum atomic E-state index is 0.349. The molecule has 2 aliphatic heterocycles. The molecule has 122 valence electrons. The maximum atomic E-state index is 12.1. The summed E-state index contributed by atoms with van der Waals surface area (Å²) in [6, 6.07) is 0. The number of carbonyl (C=O) groups is 1. The first-order valence-electron chi connectivity index (χ1n) is 8.50. The Labute approximate surface area is 131 Å². The number of hydrogen-bond donors (Lipinski definition) is 0. The summed E-state index contributed by atoms with van der Waals surface area (Å²) in [7, 11) is 0. The van der Waals surface area contributed by atoms with E-state index >= 15 is 0 Å². The normalized spacial score (nSPS) is 23.1. The van der Waals surface area contributed by atoms with Gasteiger partial charge in [0.25, 0.3) is 0 Å². The fraction of sp³-hybridized carbons (Fsp3) is 0.812. The lowest BCUT2D eigenvalue weighted by Crippen LogP contribution is -2.36. The molecule has 1 amide bonds. The van der Waals surface area contributed by atoms with E-state index in [1.807, 2.05) is 11.8 Å². The van der Waals surface area contributed by atoms with Crippen LogP contribution < -0.4 is 0 Å². The Hall–Kier alpha value is -1.43. The summed E-state index contributed by atoms with van der Waals surface area (Å²) in [5.41, 5.74) is 0. The molecule has 0 aliphatic carbocycles. The average molecular weight is 306 g/mol. The van der Waals surface area contributed by atoms with E-state index in [0.717, 1.165) is 39.1 Å². The smallest absolute Gasteiger partial charge is 0.240 e. The van der Waals surface area contributed by atoms with Crippen LogP contribution in [0.15, 0.2) is 4.52 Å². The maximum Gasteiger partial charge on any atom is 0.240 e. The second kappa shape index (κ2) is 7.22. The van der Waals surface area contributed by atoms with Crippen molar-refractivity contribution in [3.8, 4) is 0 Å². The third kappa shape index (κ3) is 4.06. The first-order valence-corrected chi connectivity index (χ1v) is 8.50. The van der Waals surface area contributed by atoms with Gasteiger partial charge in [-0.2, -0.15) is 4.98 Å². The summed E-state index contributed by atoms with van der Waals surface area (Å²) in [5, 5.41) is 3.84. The van der Waals surface area contributed by atoms with Crippen LogP contribution in [0.5, 0.6) is 0 Å². The predicted octanol–water partition coefficient (Wildman–Crippen LogP) is 1.99. The lowest BCUT2D eigenvalue weighted by molar-refractivity contribution is -0.130. The Morgan fingerprint density at radius 1 is 1.27 bits per heavy atom. The summed E-state index contributed by atoms with van der Waals surface area (Å²) in [5.74, 6) is 2.36. The topological polar surface area (TPSA) is 62.5 Å². The van der Waals surface area contributed by atoms with Crippen LogP contribution in [-0.2, 0) is 11.3 Å². The quantitative estimate of drug-likeness (QED) is 0.832. The van der Waals surface area contributed by atoms with Gasteiger partial charge in [-0.05, 0) is 51.5 Å². The molecule has 0 spiro atoms. The molecule has 1 aromatic heterocycles. The number of likely N-dealkylation sites (tertiary alicyclic amines) is 2. The van der Waals surface area contributed by atoms with Gasteiger partial charge in [0.05, 0.1) is 6.54 Å². The van der Waals surface area contributed by atoms with Gasteiger partial charge >= 0.3 is 0 Å². The molecule has 0 unspecified atom stereocenters. The lowest BCUT2D eigenvalue weighted by Gasteiger charge is -2.31. The highest BCUT2D eigenvalue weighted by Crippen LogP contribution is 2.23. The lowest BCUT2D eigenvalue weighted by atomic mass is 9.93. The highest BCUT2D eigenvalue weighted by molar-refractivity contribution is 5.76. The molecule has 2 aliphatic rings. The molecule has 3 heterocycles. The van der Waals surface area contributed by atoms with E-state index in [9.17, 15) is 4.79 Å². The summed E-state index contributed by atoms with van der Waals surface area (Å²) in [6.45, 7) is 6.62. The van der Waals surface area contributed by atoms with Gasteiger partial charge in [-0.15, -0.1) is 0 Å². The van der Waals surface area contributed by atoms with Crippen LogP contribution in [-0.4, -0.2) is 52.0 Å². The number of aryl methyl sites for hydroxylation is 1. The van der Waals surface area contributed by atoms with Crippen LogP contribution in [0.1, 0.15) is 50.2 Å². The molecule has 0 N–H and O–H groups in total. The van der Waals surface area contributed by atoms with Crippen molar-refractivity contribution in [3.63, 3.8) is 0 Å². The van der Waals surface area contributed by atoms with Crippen molar-refractivity contribution in [1.82, 2.24) is 19.9 Å². The second-order valence-corrected chi connectivity index (χ2v) is 6.61. The molecule has 1 atom stereocenters. The Kier molecular flexibility index (Phi) is 5.08. The number of rotatable bonds is 5. The highest BCUT2D eigenvalue weighted by Gasteiger charge is 2.24.